The number of anilines is 1. The van der Waals surface area contributed by atoms with Gasteiger partial charge in [-0.1, -0.05) is 37.6 Å². The quantitative estimate of drug-likeness (QED) is 0.725. The molecule has 0 saturated heterocycles. The molecule has 0 spiro atoms. The molecule has 0 aliphatic carbocycles. The Morgan fingerprint density at radius 3 is 2.40 bits per heavy atom. The van der Waals surface area contributed by atoms with E-state index in [-0.39, 0.29) is 10.8 Å². The van der Waals surface area contributed by atoms with Crippen molar-refractivity contribution in [3.8, 4) is 11.5 Å². The van der Waals surface area contributed by atoms with Gasteiger partial charge >= 0.3 is 0 Å². The third-order valence-corrected chi connectivity index (χ3v) is 5.08. The maximum Gasteiger partial charge on any atom is 0.261 e. The molecule has 3 rings (SSSR count). The molecule has 1 aromatic heterocycles. The molecule has 0 atom stereocenters. The summed E-state index contributed by atoms with van der Waals surface area (Å²) in [5.74, 6) is 0.688. The summed E-state index contributed by atoms with van der Waals surface area (Å²) < 4.78 is 33.4. The smallest absolute Gasteiger partial charge is 0.261 e. The maximum absolute atomic E-state index is 12.7. The van der Waals surface area contributed by atoms with Gasteiger partial charge in [-0.15, -0.1) is 10.2 Å². The Hall–Kier alpha value is -2.67. The van der Waals surface area contributed by atoms with Gasteiger partial charge in [-0.05, 0) is 36.2 Å². The second kappa shape index (κ2) is 7.06. The summed E-state index contributed by atoms with van der Waals surface area (Å²) in [6.07, 6.45) is 1.94. The van der Waals surface area contributed by atoms with Crippen LogP contribution in [0.4, 0.5) is 5.69 Å². The standard InChI is InChI=1S/C18H19N3O3S/c1-3-6-14-9-11-15(12-10-14)25(22,23)21-17-8-5-4-7-16(17)18-20-19-13(2)24-18/h4-5,7-12,21H,3,6H2,1-2H3. The molecule has 25 heavy (non-hydrogen) atoms. The molecular weight excluding hydrogens is 338 g/mol. The molecule has 0 aliphatic rings. The van der Waals surface area contributed by atoms with Crippen LogP contribution in [0.15, 0.2) is 57.8 Å². The lowest BCUT2D eigenvalue weighted by atomic mass is 10.1. The SMILES string of the molecule is CCCc1ccc(S(=O)(=O)Nc2ccccc2-c2nnc(C)o2)cc1. The van der Waals surface area contributed by atoms with Crippen molar-refractivity contribution in [2.24, 2.45) is 0 Å². The van der Waals surface area contributed by atoms with E-state index in [1.54, 1.807) is 43.3 Å². The molecule has 2 aromatic carbocycles. The first-order valence-electron chi connectivity index (χ1n) is 8.01. The normalized spacial score (nSPS) is 11.4. The summed E-state index contributed by atoms with van der Waals surface area (Å²) >= 11 is 0. The van der Waals surface area contributed by atoms with Crippen LogP contribution in [0.1, 0.15) is 24.8 Å². The predicted molar refractivity (Wildman–Crippen MR) is 95.7 cm³/mol. The van der Waals surface area contributed by atoms with Crippen molar-refractivity contribution in [1.29, 1.82) is 0 Å². The minimum Gasteiger partial charge on any atom is -0.421 e. The molecule has 0 amide bonds. The number of hydrogen-bond acceptors (Lipinski definition) is 5. The average Bonchev–Trinajstić information content (AvgIpc) is 3.02. The van der Waals surface area contributed by atoms with Gasteiger partial charge in [0.05, 0.1) is 16.1 Å². The summed E-state index contributed by atoms with van der Waals surface area (Å²) in [5, 5.41) is 7.75. The van der Waals surface area contributed by atoms with Crippen LogP contribution in [0.25, 0.3) is 11.5 Å². The number of nitrogens with zero attached hydrogens (tertiary/aromatic N) is 2. The number of aromatic nitrogens is 2. The van der Waals surface area contributed by atoms with E-state index in [2.05, 4.69) is 21.8 Å². The van der Waals surface area contributed by atoms with Gasteiger partial charge in [0.15, 0.2) is 0 Å². The largest absolute Gasteiger partial charge is 0.421 e. The Morgan fingerprint density at radius 2 is 1.76 bits per heavy atom. The highest BCUT2D eigenvalue weighted by atomic mass is 32.2. The van der Waals surface area contributed by atoms with Crippen molar-refractivity contribution in [3.63, 3.8) is 0 Å². The van der Waals surface area contributed by atoms with Crippen molar-refractivity contribution < 1.29 is 12.8 Å². The van der Waals surface area contributed by atoms with Gasteiger partial charge in [0.25, 0.3) is 10.0 Å². The first kappa shape index (κ1) is 17.2. The highest BCUT2D eigenvalue weighted by Gasteiger charge is 2.18. The number of hydrogen-bond donors (Lipinski definition) is 1. The van der Waals surface area contributed by atoms with Crippen LogP contribution in [-0.2, 0) is 16.4 Å². The minimum absolute atomic E-state index is 0.212. The summed E-state index contributed by atoms with van der Waals surface area (Å²) in [5.41, 5.74) is 2.04. The molecular formula is C18H19N3O3S. The number of aryl methyl sites for hydroxylation is 2. The molecule has 0 radical (unpaired) electrons. The van der Waals surface area contributed by atoms with Crippen molar-refractivity contribution in [2.75, 3.05) is 4.72 Å². The highest BCUT2D eigenvalue weighted by molar-refractivity contribution is 7.92. The van der Waals surface area contributed by atoms with Gasteiger partial charge in [0.1, 0.15) is 0 Å². The summed E-state index contributed by atoms with van der Waals surface area (Å²) in [7, 11) is -3.71. The molecule has 130 valence electrons. The molecule has 0 unspecified atom stereocenters. The zero-order chi connectivity index (χ0) is 17.9. The molecule has 6 nitrogen and oxygen atoms in total. The van der Waals surface area contributed by atoms with Crippen LogP contribution < -0.4 is 4.72 Å². The fourth-order valence-corrected chi connectivity index (χ4v) is 3.57. The number of para-hydroxylation sites is 1. The number of nitrogens with one attached hydrogen (secondary N) is 1. The van der Waals surface area contributed by atoms with Gasteiger partial charge in [-0.3, -0.25) is 4.72 Å². The third kappa shape index (κ3) is 3.88. The van der Waals surface area contributed by atoms with E-state index in [4.69, 9.17) is 4.42 Å². The van der Waals surface area contributed by atoms with Crippen LogP contribution in [0.5, 0.6) is 0 Å². The Kier molecular flexibility index (Phi) is 4.85. The first-order valence-corrected chi connectivity index (χ1v) is 9.49. The zero-order valence-electron chi connectivity index (χ0n) is 14.1. The minimum atomic E-state index is -3.71. The molecule has 7 heteroatoms. The van der Waals surface area contributed by atoms with E-state index in [1.165, 1.54) is 0 Å². The second-order valence-electron chi connectivity index (χ2n) is 5.67. The monoisotopic (exact) mass is 357 g/mol. The van der Waals surface area contributed by atoms with Crippen LogP contribution in [0, 0.1) is 6.92 Å². The lowest BCUT2D eigenvalue weighted by Crippen LogP contribution is -2.13. The van der Waals surface area contributed by atoms with Gasteiger partial charge in [-0.2, -0.15) is 0 Å². The number of rotatable bonds is 6. The first-order chi connectivity index (χ1) is 12.0. The lowest BCUT2D eigenvalue weighted by molar-refractivity contribution is 0.533. The van der Waals surface area contributed by atoms with Gasteiger partial charge in [0.2, 0.25) is 11.8 Å². The topological polar surface area (TPSA) is 85.1 Å². The zero-order valence-corrected chi connectivity index (χ0v) is 14.9. The summed E-state index contributed by atoms with van der Waals surface area (Å²) in [6.45, 7) is 3.77. The Labute approximate surface area is 147 Å². The van der Waals surface area contributed by atoms with Crippen molar-refractivity contribution in [1.82, 2.24) is 10.2 Å². The summed E-state index contributed by atoms with van der Waals surface area (Å²) in [4.78, 5) is 0.212. The molecule has 0 saturated carbocycles. The van der Waals surface area contributed by atoms with Gasteiger partial charge in [-0.25, -0.2) is 8.42 Å². The fourth-order valence-electron chi connectivity index (χ4n) is 2.49. The third-order valence-electron chi connectivity index (χ3n) is 3.70. The second-order valence-corrected chi connectivity index (χ2v) is 7.35. The van der Waals surface area contributed by atoms with E-state index in [0.717, 1.165) is 18.4 Å². The molecule has 3 aromatic rings. The number of sulfonamides is 1. The van der Waals surface area contributed by atoms with E-state index < -0.39 is 10.0 Å². The van der Waals surface area contributed by atoms with E-state index >= 15 is 0 Å². The van der Waals surface area contributed by atoms with Crippen molar-refractivity contribution in [2.45, 2.75) is 31.6 Å². The fraction of sp³-hybridized carbons (Fsp3) is 0.222. The predicted octanol–water partition coefficient (Wildman–Crippen LogP) is 3.80. The molecule has 1 heterocycles. The lowest BCUT2D eigenvalue weighted by Gasteiger charge is -2.11. The van der Waals surface area contributed by atoms with Crippen molar-refractivity contribution in [3.05, 3.63) is 60.0 Å². The van der Waals surface area contributed by atoms with E-state index in [9.17, 15) is 8.42 Å². The molecule has 1 N–H and O–H groups in total. The maximum atomic E-state index is 12.7. The van der Waals surface area contributed by atoms with Crippen LogP contribution >= 0.6 is 0 Å². The Balaban J connectivity index is 1.91. The molecule has 0 fully saturated rings. The Morgan fingerprint density at radius 1 is 1.04 bits per heavy atom. The Bertz CT molecular complexity index is 963. The van der Waals surface area contributed by atoms with E-state index in [1.807, 2.05) is 12.1 Å². The van der Waals surface area contributed by atoms with Gasteiger partial charge in [0, 0.05) is 6.92 Å². The van der Waals surface area contributed by atoms with Crippen LogP contribution in [0.3, 0.4) is 0 Å². The molecule has 0 bridgehead atoms. The summed E-state index contributed by atoms with van der Waals surface area (Å²) in [6, 6.07) is 13.8. The van der Waals surface area contributed by atoms with Crippen LogP contribution in [0.2, 0.25) is 0 Å². The average molecular weight is 357 g/mol. The number of benzene rings is 2. The highest BCUT2D eigenvalue weighted by Crippen LogP contribution is 2.28. The van der Waals surface area contributed by atoms with Crippen LogP contribution in [-0.4, -0.2) is 18.6 Å². The van der Waals surface area contributed by atoms with Gasteiger partial charge < -0.3 is 4.42 Å². The van der Waals surface area contributed by atoms with Crippen molar-refractivity contribution >= 4 is 15.7 Å². The van der Waals surface area contributed by atoms with E-state index in [0.29, 0.717) is 17.1 Å². The molecule has 0 aliphatic heterocycles.